The van der Waals surface area contributed by atoms with Crippen molar-refractivity contribution in [1.29, 1.82) is 0 Å². The van der Waals surface area contributed by atoms with Crippen LogP contribution in [0, 0.1) is 35.0 Å². The summed E-state index contributed by atoms with van der Waals surface area (Å²) in [4.78, 5) is 12.9. The number of carbonyl (C=O) groups is 1. The Morgan fingerprint density at radius 1 is 0.964 bits per heavy atom. The van der Waals surface area contributed by atoms with Gasteiger partial charge in [-0.15, -0.1) is 0 Å². The van der Waals surface area contributed by atoms with Crippen molar-refractivity contribution < 1.29 is 9.53 Å². The van der Waals surface area contributed by atoms with Crippen LogP contribution in [-0.2, 0) is 4.79 Å². The normalized spacial score (nSPS) is 29.9. The van der Waals surface area contributed by atoms with Crippen LogP contribution in [0.5, 0.6) is 5.75 Å². The maximum atomic E-state index is 12.9. The molecule has 6 rings (SSSR count). The van der Waals surface area contributed by atoms with E-state index in [2.05, 4.69) is 35.4 Å². The molecule has 0 aromatic heterocycles. The van der Waals surface area contributed by atoms with E-state index < -0.39 is 0 Å². The molecule has 4 aliphatic rings. The summed E-state index contributed by atoms with van der Waals surface area (Å²) in [5, 5.41) is 5.36. The number of rotatable bonds is 4. The number of fused-ring (bicyclic) bond motifs is 1. The van der Waals surface area contributed by atoms with Gasteiger partial charge in [0.2, 0.25) is 5.91 Å². The van der Waals surface area contributed by atoms with Gasteiger partial charge in [0.1, 0.15) is 12.4 Å². The topological polar surface area (TPSA) is 38.3 Å². The molecular formula is C25H27NO2. The molecule has 0 aliphatic heterocycles. The Morgan fingerprint density at radius 3 is 2.39 bits per heavy atom. The minimum Gasteiger partial charge on any atom is -0.480 e. The lowest BCUT2D eigenvalue weighted by atomic mass is 9.49. The van der Waals surface area contributed by atoms with Crippen LogP contribution in [-0.4, -0.2) is 19.1 Å². The van der Waals surface area contributed by atoms with Crippen LogP contribution >= 0.6 is 0 Å². The van der Waals surface area contributed by atoms with Crippen molar-refractivity contribution >= 4 is 16.7 Å². The lowest BCUT2D eigenvalue weighted by Gasteiger charge is -2.55. The van der Waals surface area contributed by atoms with E-state index in [1.807, 2.05) is 24.3 Å². The van der Waals surface area contributed by atoms with Crippen molar-refractivity contribution in [2.75, 3.05) is 13.2 Å². The van der Waals surface area contributed by atoms with Gasteiger partial charge in [0.05, 0.1) is 6.54 Å². The third-order valence-electron chi connectivity index (χ3n) is 7.03. The smallest absolute Gasteiger partial charge is 0.226 e. The third-order valence-corrected chi connectivity index (χ3v) is 7.03. The van der Waals surface area contributed by atoms with Gasteiger partial charge in [-0.3, -0.25) is 4.79 Å². The Labute approximate surface area is 166 Å². The van der Waals surface area contributed by atoms with Gasteiger partial charge in [0.25, 0.3) is 0 Å². The van der Waals surface area contributed by atoms with Gasteiger partial charge in [-0.25, -0.2) is 0 Å². The van der Waals surface area contributed by atoms with E-state index in [1.54, 1.807) is 0 Å². The first-order valence-electron chi connectivity index (χ1n) is 10.6. The Bertz CT molecular complexity index is 911. The molecule has 1 N–H and O–H groups in total. The fraction of sp³-hybridized carbons (Fsp3) is 0.480. The highest BCUT2D eigenvalue weighted by Crippen LogP contribution is 2.60. The van der Waals surface area contributed by atoms with E-state index in [1.165, 1.54) is 19.3 Å². The molecule has 0 heterocycles. The Kier molecular flexibility index (Phi) is 4.51. The Morgan fingerprint density at radius 2 is 1.64 bits per heavy atom. The molecule has 4 bridgehead atoms. The molecule has 3 nitrogen and oxygen atoms in total. The number of carbonyl (C=O) groups excluding carboxylic acids is 1. The zero-order valence-electron chi connectivity index (χ0n) is 16.2. The quantitative estimate of drug-likeness (QED) is 0.798. The van der Waals surface area contributed by atoms with Crippen LogP contribution in [0.25, 0.3) is 10.8 Å². The van der Waals surface area contributed by atoms with Gasteiger partial charge in [-0.2, -0.15) is 0 Å². The van der Waals surface area contributed by atoms with Crippen molar-refractivity contribution in [3.63, 3.8) is 0 Å². The fourth-order valence-corrected chi connectivity index (χ4v) is 6.25. The highest BCUT2D eigenvalue weighted by Gasteiger charge is 2.54. The molecule has 1 amide bonds. The summed E-state index contributed by atoms with van der Waals surface area (Å²) in [5.41, 5.74) is -0.0874. The Hall–Kier alpha value is -2.47. The molecule has 4 saturated carbocycles. The van der Waals surface area contributed by atoms with Crippen molar-refractivity contribution in [3.05, 3.63) is 42.5 Å². The first kappa shape index (κ1) is 17.6. The lowest BCUT2D eigenvalue weighted by molar-refractivity contribution is -0.145. The number of ether oxygens (including phenoxy) is 1. The molecule has 0 spiro atoms. The van der Waals surface area contributed by atoms with Crippen molar-refractivity contribution in [1.82, 2.24) is 5.32 Å². The zero-order valence-corrected chi connectivity index (χ0v) is 16.2. The zero-order chi connectivity index (χ0) is 19.0. The van der Waals surface area contributed by atoms with Crippen molar-refractivity contribution in [3.8, 4) is 17.6 Å². The van der Waals surface area contributed by atoms with E-state index in [4.69, 9.17) is 4.74 Å². The number of hydrogen-bond acceptors (Lipinski definition) is 2. The second kappa shape index (κ2) is 7.17. The first-order valence-corrected chi connectivity index (χ1v) is 10.6. The molecular weight excluding hydrogens is 346 g/mol. The van der Waals surface area contributed by atoms with Crippen LogP contribution in [0.15, 0.2) is 42.5 Å². The molecule has 4 fully saturated rings. The summed E-state index contributed by atoms with van der Waals surface area (Å²) in [7, 11) is 0. The van der Waals surface area contributed by atoms with E-state index in [0.29, 0.717) is 13.2 Å². The van der Waals surface area contributed by atoms with Gasteiger partial charge >= 0.3 is 0 Å². The van der Waals surface area contributed by atoms with E-state index >= 15 is 0 Å². The monoisotopic (exact) mass is 373 g/mol. The molecule has 2 aromatic rings. The minimum atomic E-state index is -0.0874. The molecule has 28 heavy (non-hydrogen) atoms. The largest absolute Gasteiger partial charge is 0.480 e. The maximum absolute atomic E-state index is 12.9. The number of hydrogen-bond donors (Lipinski definition) is 1. The molecule has 4 aliphatic carbocycles. The predicted molar refractivity (Wildman–Crippen MR) is 111 cm³/mol. The van der Waals surface area contributed by atoms with Crippen LogP contribution < -0.4 is 10.1 Å². The molecule has 0 radical (unpaired) electrons. The molecule has 0 unspecified atom stereocenters. The summed E-state index contributed by atoms with van der Waals surface area (Å²) in [5.74, 6) is 9.57. The highest BCUT2D eigenvalue weighted by atomic mass is 16.5. The van der Waals surface area contributed by atoms with Gasteiger partial charge in [-0.05, 0) is 67.7 Å². The molecule has 0 atom stereocenters. The van der Waals surface area contributed by atoms with Crippen LogP contribution in [0.1, 0.15) is 38.5 Å². The predicted octanol–water partition coefficient (Wildman–Crippen LogP) is 4.55. The second-order valence-electron chi connectivity index (χ2n) is 9.00. The maximum Gasteiger partial charge on any atom is 0.226 e. The van der Waals surface area contributed by atoms with Crippen LogP contribution in [0.3, 0.4) is 0 Å². The number of benzene rings is 2. The highest BCUT2D eigenvalue weighted by molar-refractivity contribution is 5.88. The average molecular weight is 373 g/mol. The first-order chi connectivity index (χ1) is 13.7. The van der Waals surface area contributed by atoms with Gasteiger partial charge in [0.15, 0.2) is 0 Å². The summed E-state index contributed by atoms with van der Waals surface area (Å²) >= 11 is 0. The van der Waals surface area contributed by atoms with Gasteiger partial charge in [0, 0.05) is 10.8 Å². The fourth-order valence-electron chi connectivity index (χ4n) is 6.25. The second-order valence-corrected chi connectivity index (χ2v) is 9.00. The third kappa shape index (κ3) is 3.26. The van der Waals surface area contributed by atoms with Crippen LogP contribution in [0.2, 0.25) is 0 Å². The van der Waals surface area contributed by atoms with E-state index in [-0.39, 0.29) is 11.3 Å². The van der Waals surface area contributed by atoms with Crippen molar-refractivity contribution in [2.45, 2.75) is 38.5 Å². The van der Waals surface area contributed by atoms with Crippen LogP contribution in [0.4, 0.5) is 0 Å². The summed E-state index contributed by atoms with van der Waals surface area (Å²) in [6.45, 7) is 0.751. The number of amides is 1. The average Bonchev–Trinajstić information content (AvgIpc) is 2.69. The SMILES string of the molecule is O=C(NCC#CCOc1cccc2ccccc12)C12CC3CC(CC(C3)C1)C2. The standard InChI is InChI=1S/C25H27NO2/c27-24(25-15-18-12-19(16-25)14-20(13-18)17-25)26-10-3-4-11-28-23-9-5-7-21-6-1-2-8-22(21)23/h1-2,5-9,18-20H,10-17H2,(H,26,27). The van der Waals surface area contributed by atoms with Gasteiger partial charge in [-0.1, -0.05) is 48.2 Å². The Balaban J connectivity index is 1.14. The molecule has 144 valence electrons. The number of nitrogens with one attached hydrogen (secondary N) is 1. The van der Waals surface area contributed by atoms with E-state index in [0.717, 1.165) is 53.5 Å². The molecule has 0 saturated heterocycles. The van der Waals surface area contributed by atoms with Gasteiger partial charge < -0.3 is 10.1 Å². The minimum absolute atomic E-state index is 0.0874. The molecule has 3 heteroatoms. The van der Waals surface area contributed by atoms with Crippen molar-refractivity contribution in [2.24, 2.45) is 23.2 Å². The summed E-state index contributed by atoms with van der Waals surface area (Å²) in [6.07, 6.45) is 7.38. The summed E-state index contributed by atoms with van der Waals surface area (Å²) < 4.78 is 5.84. The van der Waals surface area contributed by atoms with E-state index in [9.17, 15) is 4.79 Å². The lowest BCUT2D eigenvalue weighted by Crippen LogP contribution is -2.53. The molecule has 2 aromatic carbocycles. The summed E-state index contributed by atoms with van der Waals surface area (Å²) in [6, 6.07) is 14.2.